The average molecular weight is 357 g/mol. The highest BCUT2D eigenvalue weighted by Gasteiger charge is 2.17. The summed E-state index contributed by atoms with van der Waals surface area (Å²) in [6, 6.07) is 12.4. The smallest absolute Gasteiger partial charge is 0.128 e. The van der Waals surface area contributed by atoms with E-state index in [1.807, 2.05) is 30.3 Å². The van der Waals surface area contributed by atoms with Crippen LogP contribution in [0.5, 0.6) is 0 Å². The molecule has 1 nitrogen and oxygen atoms in total. The topological polar surface area (TPSA) is 12.0 Å². The van der Waals surface area contributed by atoms with Gasteiger partial charge in [-0.25, -0.2) is 4.39 Å². The summed E-state index contributed by atoms with van der Waals surface area (Å²) in [5.74, 6) is -0.202. The van der Waals surface area contributed by atoms with E-state index in [1.165, 1.54) is 6.07 Å². The Balaban J connectivity index is 2.41. The van der Waals surface area contributed by atoms with Crippen molar-refractivity contribution in [1.29, 1.82) is 0 Å². The zero-order chi connectivity index (χ0) is 14.5. The van der Waals surface area contributed by atoms with Crippen molar-refractivity contribution in [1.82, 2.24) is 5.32 Å². The summed E-state index contributed by atoms with van der Waals surface area (Å²) in [5, 5.41) is 4.04. The molecule has 0 heterocycles. The second-order valence-corrected chi connectivity index (χ2v) is 5.84. The lowest BCUT2D eigenvalue weighted by Crippen LogP contribution is -2.24. The highest BCUT2D eigenvalue weighted by atomic mass is 79.9. The quantitative estimate of drug-likeness (QED) is 0.763. The van der Waals surface area contributed by atoms with E-state index < -0.39 is 0 Å². The summed E-state index contributed by atoms with van der Waals surface area (Å²) >= 11 is 9.45. The fraction of sp³-hybridized carbons (Fsp3) is 0.250. The van der Waals surface area contributed by atoms with E-state index in [2.05, 4.69) is 28.2 Å². The van der Waals surface area contributed by atoms with E-state index in [9.17, 15) is 4.39 Å². The molecule has 0 saturated carbocycles. The van der Waals surface area contributed by atoms with Crippen LogP contribution in [0.2, 0.25) is 5.02 Å². The second kappa shape index (κ2) is 7.21. The Morgan fingerprint density at radius 1 is 1.25 bits per heavy atom. The van der Waals surface area contributed by atoms with Gasteiger partial charge in [0.05, 0.1) is 11.1 Å². The van der Waals surface area contributed by atoms with Crippen molar-refractivity contribution in [3.63, 3.8) is 0 Å². The zero-order valence-electron chi connectivity index (χ0n) is 11.2. The molecule has 0 saturated heterocycles. The summed E-state index contributed by atoms with van der Waals surface area (Å²) in [5.41, 5.74) is 1.63. The lowest BCUT2D eigenvalue weighted by atomic mass is 9.98. The Morgan fingerprint density at radius 3 is 2.65 bits per heavy atom. The summed E-state index contributed by atoms with van der Waals surface area (Å²) in [6.45, 7) is 2.91. The van der Waals surface area contributed by atoms with Crippen LogP contribution in [0.15, 0.2) is 46.9 Å². The van der Waals surface area contributed by atoms with Gasteiger partial charge in [0.15, 0.2) is 0 Å². The molecule has 0 aromatic heterocycles. The number of hydrogen-bond donors (Lipinski definition) is 1. The maximum absolute atomic E-state index is 14.1. The molecule has 4 heteroatoms. The van der Waals surface area contributed by atoms with Gasteiger partial charge in [-0.15, -0.1) is 0 Å². The van der Waals surface area contributed by atoms with Gasteiger partial charge in [0, 0.05) is 10.0 Å². The Kier molecular flexibility index (Phi) is 5.58. The van der Waals surface area contributed by atoms with Crippen LogP contribution in [0.3, 0.4) is 0 Å². The van der Waals surface area contributed by atoms with Gasteiger partial charge in [0.25, 0.3) is 0 Å². The first-order valence-electron chi connectivity index (χ1n) is 6.56. The molecule has 2 aromatic carbocycles. The van der Waals surface area contributed by atoms with Gasteiger partial charge in [0.1, 0.15) is 5.82 Å². The third kappa shape index (κ3) is 3.60. The van der Waals surface area contributed by atoms with Gasteiger partial charge >= 0.3 is 0 Å². The minimum absolute atomic E-state index is 0.176. The summed E-state index contributed by atoms with van der Waals surface area (Å²) < 4.78 is 14.9. The van der Waals surface area contributed by atoms with Crippen LogP contribution in [0.1, 0.15) is 30.5 Å². The molecule has 1 N–H and O–H groups in total. The van der Waals surface area contributed by atoms with Crippen LogP contribution >= 0.6 is 27.5 Å². The van der Waals surface area contributed by atoms with Crippen LogP contribution in [0, 0.1) is 5.82 Å². The first-order valence-corrected chi connectivity index (χ1v) is 7.73. The molecule has 0 aliphatic heterocycles. The van der Waals surface area contributed by atoms with Gasteiger partial charge in [0.2, 0.25) is 0 Å². The molecular formula is C16H16BrClFN. The highest BCUT2D eigenvalue weighted by molar-refractivity contribution is 9.10. The van der Waals surface area contributed by atoms with Crippen LogP contribution in [-0.2, 0) is 0 Å². The van der Waals surface area contributed by atoms with E-state index in [4.69, 9.17) is 11.6 Å². The number of hydrogen-bond acceptors (Lipinski definition) is 1. The molecule has 0 aliphatic carbocycles. The van der Waals surface area contributed by atoms with Gasteiger partial charge in [-0.3, -0.25) is 0 Å². The maximum atomic E-state index is 14.1. The van der Waals surface area contributed by atoms with Gasteiger partial charge < -0.3 is 5.32 Å². The molecule has 0 radical (unpaired) electrons. The number of benzene rings is 2. The molecule has 2 rings (SSSR count). The first kappa shape index (κ1) is 15.5. The van der Waals surface area contributed by atoms with Gasteiger partial charge in [-0.05, 0) is 52.7 Å². The normalized spacial score (nSPS) is 12.4. The largest absolute Gasteiger partial charge is 0.306 e. The van der Waals surface area contributed by atoms with Crippen molar-refractivity contribution in [3.05, 3.63) is 68.9 Å². The predicted molar refractivity (Wildman–Crippen MR) is 85.7 cm³/mol. The summed E-state index contributed by atoms with van der Waals surface area (Å²) in [6.07, 6.45) is 0.986. The standard InChI is InChI=1S/C16H16BrClFN/c1-2-9-20-16(12-5-3-4-6-15(12)19)11-7-8-14(18)13(17)10-11/h3-8,10,16,20H,2,9H2,1H3. The highest BCUT2D eigenvalue weighted by Crippen LogP contribution is 2.30. The Bertz CT molecular complexity index is 588. The second-order valence-electron chi connectivity index (χ2n) is 4.58. The SMILES string of the molecule is CCCNC(c1ccc(Cl)c(Br)c1)c1ccccc1F. The third-order valence-corrected chi connectivity index (χ3v) is 4.31. The number of rotatable bonds is 5. The van der Waals surface area contributed by atoms with E-state index in [1.54, 1.807) is 6.07 Å². The molecule has 2 aromatic rings. The summed E-state index contributed by atoms with van der Waals surface area (Å²) in [7, 11) is 0. The molecule has 0 spiro atoms. The fourth-order valence-electron chi connectivity index (χ4n) is 2.10. The van der Waals surface area contributed by atoms with Crippen LogP contribution < -0.4 is 5.32 Å². The van der Waals surface area contributed by atoms with Crippen molar-refractivity contribution in [2.24, 2.45) is 0 Å². The summed E-state index contributed by atoms with van der Waals surface area (Å²) in [4.78, 5) is 0. The van der Waals surface area contributed by atoms with E-state index >= 15 is 0 Å². The van der Waals surface area contributed by atoms with Crippen LogP contribution in [0.4, 0.5) is 4.39 Å². The molecule has 0 fully saturated rings. The van der Waals surface area contributed by atoms with Crippen LogP contribution in [-0.4, -0.2) is 6.54 Å². The third-order valence-electron chi connectivity index (χ3n) is 3.09. The molecule has 0 amide bonds. The predicted octanol–water partition coefficient (Wildman–Crippen LogP) is 5.33. The minimum atomic E-state index is -0.202. The Morgan fingerprint density at radius 2 is 2.00 bits per heavy atom. The first-order chi connectivity index (χ1) is 9.63. The molecule has 1 unspecified atom stereocenters. The Labute approximate surface area is 132 Å². The molecule has 106 valence electrons. The van der Waals surface area contributed by atoms with Crippen molar-refractivity contribution in [3.8, 4) is 0 Å². The maximum Gasteiger partial charge on any atom is 0.128 e. The van der Waals surface area contributed by atoms with Crippen molar-refractivity contribution < 1.29 is 4.39 Å². The van der Waals surface area contributed by atoms with Crippen molar-refractivity contribution in [2.75, 3.05) is 6.54 Å². The van der Waals surface area contributed by atoms with E-state index in [0.29, 0.717) is 10.6 Å². The van der Waals surface area contributed by atoms with Gasteiger partial charge in [-0.1, -0.05) is 42.8 Å². The number of nitrogens with one attached hydrogen (secondary N) is 1. The lowest BCUT2D eigenvalue weighted by molar-refractivity contribution is 0.546. The fourth-order valence-corrected chi connectivity index (χ4v) is 2.61. The molecular weight excluding hydrogens is 341 g/mol. The van der Waals surface area contributed by atoms with Crippen molar-refractivity contribution in [2.45, 2.75) is 19.4 Å². The monoisotopic (exact) mass is 355 g/mol. The molecule has 20 heavy (non-hydrogen) atoms. The minimum Gasteiger partial charge on any atom is -0.306 e. The number of halogens is 3. The Hall–Kier alpha value is -0.900. The molecule has 1 atom stereocenters. The molecule has 0 aliphatic rings. The average Bonchev–Trinajstić information content (AvgIpc) is 2.44. The van der Waals surface area contributed by atoms with Gasteiger partial charge in [-0.2, -0.15) is 0 Å². The van der Waals surface area contributed by atoms with Crippen molar-refractivity contribution >= 4 is 27.5 Å². The van der Waals surface area contributed by atoms with E-state index in [0.717, 1.165) is 23.0 Å². The lowest BCUT2D eigenvalue weighted by Gasteiger charge is -2.20. The zero-order valence-corrected chi connectivity index (χ0v) is 13.5. The van der Waals surface area contributed by atoms with E-state index in [-0.39, 0.29) is 11.9 Å². The van der Waals surface area contributed by atoms with Crippen LogP contribution in [0.25, 0.3) is 0 Å². The molecule has 0 bridgehead atoms.